The minimum absolute atomic E-state index is 0.0328. The van der Waals surface area contributed by atoms with E-state index in [1.807, 2.05) is 37.4 Å². The second-order valence-electron chi connectivity index (χ2n) is 13.2. The van der Waals surface area contributed by atoms with Crippen LogP contribution >= 0.6 is 0 Å². The number of aliphatic hydroxyl groups excluding tert-OH is 1. The van der Waals surface area contributed by atoms with E-state index in [1.54, 1.807) is 6.07 Å². The van der Waals surface area contributed by atoms with Crippen molar-refractivity contribution < 1.29 is 19.8 Å². The summed E-state index contributed by atoms with van der Waals surface area (Å²) in [6.07, 6.45) is 3.81. The Kier molecular flexibility index (Phi) is 12.6. The molecule has 3 rings (SSSR count). The van der Waals surface area contributed by atoms with E-state index in [0.29, 0.717) is 25.1 Å². The van der Waals surface area contributed by atoms with Gasteiger partial charge in [0, 0.05) is 24.7 Å². The fraction of sp³-hybridized carbons (Fsp3) is 0.472. The maximum Gasteiger partial charge on any atom is 0.224 e. The largest absolute Gasteiger partial charge is 0.508 e. The third-order valence-electron chi connectivity index (χ3n) is 8.94. The summed E-state index contributed by atoms with van der Waals surface area (Å²) in [5.41, 5.74) is 6.29. The fourth-order valence-corrected chi connectivity index (χ4v) is 6.08. The predicted molar refractivity (Wildman–Crippen MR) is 179 cm³/mol. The van der Waals surface area contributed by atoms with Gasteiger partial charge < -0.3 is 25.6 Å². The molecule has 0 heterocycles. The van der Waals surface area contributed by atoms with Gasteiger partial charge in [-0.3, -0.25) is 4.79 Å². The number of aromatic hydroxyl groups is 1. The lowest BCUT2D eigenvalue weighted by molar-refractivity contribution is -0.120. The molecule has 3 aromatic carbocycles. The van der Waals surface area contributed by atoms with Crippen molar-refractivity contribution in [1.82, 2.24) is 10.6 Å². The third kappa shape index (κ3) is 10.6. The van der Waals surface area contributed by atoms with Gasteiger partial charge in [-0.1, -0.05) is 75.4 Å². The molecule has 0 aliphatic carbocycles. The van der Waals surface area contributed by atoms with Crippen molar-refractivity contribution in [2.24, 2.45) is 0 Å². The van der Waals surface area contributed by atoms with Gasteiger partial charge in [0.25, 0.3) is 0 Å². The number of rotatable bonds is 16. The molecule has 7 heteroatoms. The number of carbonyl (C=O) groups is 1. The lowest BCUT2D eigenvalue weighted by Crippen LogP contribution is -2.41. The van der Waals surface area contributed by atoms with E-state index in [0.717, 1.165) is 36.8 Å². The third-order valence-corrected chi connectivity index (χ3v) is 12.5. The normalized spacial score (nSPS) is 13.5. The lowest BCUT2D eigenvalue weighted by Gasteiger charge is -2.38. The van der Waals surface area contributed by atoms with Gasteiger partial charge in [-0.05, 0) is 96.6 Å². The number of aliphatic hydroxyl groups is 1. The highest BCUT2D eigenvalue weighted by molar-refractivity contribution is 6.72. The molecule has 2 atom stereocenters. The van der Waals surface area contributed by atoms with Gasteiger partial charge in [0.05, 0.1) is 13.0 Å². The standard InChI is InChI=1S/C36H52N2O4Si/c1-7-27-11-13-28(14-12-27)17-18-37-35(41)21-30-10-8-9-29(20-30)19-26(2)38-24-33(23-36(3,4)43(5,6)42)31-15-16-34(40)32(22-31)25-39/h8-16,20,22,26,33,38-40,42H,7,17-19,21,23-25H2,1-6H3,(H,37,41)/t26-,33+/m1/s1. The molecular weight excluding hydrogens is 552 g/mol. The van der Waals surface area contributed by atoms with Crippen LogP contribution in [0.2, 0.25) is 18.1 Å². The quantitative estimate of drug-likeness (QED) is 0.129. The summed E-state index contributed by atoms with van der Waals surface area (Å²) in [5.74, 6) is 0.227. The maximum atomic E-state index is 12.6. The van der Waals surface area contributed by atoms with Gasteiger partial charge in [-0.2, -0.15) is 0 Å². The average molecular weight is 605 g/mol. The summed E-state index contributed by atoms with van der Waals surface area (Å²) >= 11 is 0. The molecule has 0 aromatic heterocycles. The van der Waals surface area contributed by atoms with E-state index in [2.05, 4.69) is 74.7 Å². The molecule has 5 N–H and O–H groups in total. The van der Waals surface area contributed by atoms with Crippen LogP contribution in [0, 0.1) is 0 Å². The number of benzene rings is 3. The molecular formula is C36H52N2O4Si. The molecule has 0 bridgehead atoms. The predicted octanol–water partition coefficient (Wildman–Crippen LogP) is 6.02. The smallest absolute Gasteiger partial charge is 0.224 e. The number of hydrogen-bond acceptors (Lipinski definition) is 5. The molecule has 0 unspecified atom stereocenters. The van der Waals surface area contributed by atoms with Crippen LogP contribution in [0.15, 0.2) is 66.7 Å². The van der Waals surface area contributed by atoms with Crippen LogP contribution in [-0.4, -0.2) is 48.4 Å². The summed E-state index contributed by atoms with van der Waals surface area (Å²) in [5, 5.41) is 26.4. The van der Waals surface area contributed by atoms with Crippen LogP contribution in [0.3, 0.4) is 0 Å². The van der Waals surface area contributed by atoms with Gasteiger partial charge >= 0.3 is 0 Å². The molecule has 43 heavy (non-hydrogen) atoms. The van der Waals surface area contributed by atoms with Crippen LogP contribution in [0.5, 0.6) is 5.75 Å². The molecule has 0 fully saturated rings. The number of hydrogen-bond donors (Lipinski definition) is 5. The average Bonchev–Trinajstić information content (AvgIpc) is 2.95. The molecule has 0 saturated carbocycles. The zero-order chi connectivity index (χ0) is 31.6. The molecule has 1 amide bonds. The molecule has 0 aliphatic rings. The van der Waals surface area contributed by atoms with Crippen LogP contribution in [0.1, 0.15) is 73.4 Å². The molecule has 234 valence electrons. The van der Waals surface area contributed by atoms with Crippen LogP contribution in [-0.2, 0) is 37.1 Å². The molecule has 0 aliphatic heterocycles. The lowest BCUT2D eigenvalue weighted by atomic mass is 9.88. The van der Waals surface area contributed by atoms with E-state index in [-0.39, 0.29) is 35.3 Å². The van der Waals surface area contributed by atoms with Gasteiger partial charge in [0.1, 0.15) is 5.75 Å². The first-order valence-electron chi connectivity index (χ1n) is 15.6. The minimum Gasteiger partial charge on any atom is -0.508 e. The summed E-state index contributed by atoms with van der Waals surface area (Å²) in [6.45, 7) is 13.6. The Morgan fingerprint density at radius 3 is 2.28 bits per heavy atom. The minimum atomic E-state index is -2.44. The highest BCUT2D eigenvalue weighted by Crippen LogP contribution is 2.44. The molecule has 6 nitrogen and oxygen atoms in total. The maximum absolute atomic E-state index is 12.6. The Balaban J connectivity index is 1.57. The fourth-order valence-electron chi connectivity index (χ4n) is 5.33. The Bertz CT molecular complexity index is 1320. The molecule has 3 aromatic rings. The van der Waals surface area contributed by atoms with Crippen molar-refractivity contribution in [3.8, 4) is 5.75 Å². The monoisotopic (exact) mass is 604 g/mol. The number of amides is 1. The first kappa shape index (κ1) is 34.5. The first-order valence-corrected chi connectivity index (χ1v) is 18.6. The number of nitrogens with one attached hydrogen (secondary N) is 2. The van der Waals surface area contributed by atoms with E-state index >= 15 is 0 Å². The van der Waals surface area contributed by atoms with Crippen molar-refractivity contribution in [1.29, 1.82) is 0 Å². The molecule has 0 spiro atoms. The molecule has 0 radical (unpaired) electrons. The van der Waals surface area contributed by atoms with Gasteiger partial charge in [-0.15, -0.1) is 0 Å². The summed E-state index contributed by atoms with van der Waals surface area (Å²) in [7, 11) is -2.44. The van der Waals surface area contributed by atoms with Gasteiger partial charge in [0.2, 0.25) is 5.91 Å². The molecule has 0 saturated heterocycles. The Morgan fingerprint density at radius 2 is 1.63 bits per heavy atom. The Hall–Kier alpha value is -2.97. The first-order chi connectivity index (χ1) is 20.3. The van der Waals surface area contributed by atoms with E-state index in [4.69, 9.17) is 0 Å². The van der Waals surface area contributed by atoms with Crippen molar-refractivity contribution in [2.75, 3.05) is 13.1 Å². The zero-order valence-corrected chi connectivity index (χ0v) is 27.9. The van der Waals surface area contributed by atoms with E-state index < -0.39 is 8.32 Å². The second kappa shape index (κ2) is 15.7. The highest BCUT2D eigenvalue weighted by atomic mass is 28.4. The highest BCUT2D eigenvalue weighted by Gasteiger charge is 2.40. The Labute approximate surface area is 259 Å². The number of aryl methyl sites for hydroxylation is 1. The second-order valence-corrected chi connectivity index (χ2v) is 17.6. The Morgan fingerprint density at radius 1 is 0.953 bits per heavy atom. The van der Waals surface area contributed by atoms with E-state index in [9.17, 15) is 19.8 Å². The van der Waals surface area contributed by atoms with Crippen molar-refractivity contribution in [2.45, 2.75) is 96.5 Å². The van der Waals surface area contributed by atoms with Crippen molar-refractivity contribution in [3.05, 3.63) is 100 Å². The van der Waals surface area contributed by atoms with Crippen LogP contribution in [0.4, 0.5) is 0 Å². The number of phenols is 1. The SMILES string of the molecule is CCc1ccc(CCNC(=O)Cc2cccc(C[C@@H](C)NC[C@H](CC(C)(C)[Si](C)(C)O)c3ccc(O)c(CO)c3)c2)cc1. The van der Waals surface area contributed by atoms with Crippen LogP contribution < -0.4 is 10.6 Å². The summed E-state index contributed by atoms with van der Waals surface area (Å²) < 4.78 is 0. The summed E-state index contributed by atoms with van der Waals surface area (Å²) in [4.78, 5) is 23.6. The number of carbonyl (C=O) groups excluding carboxylic acids is 1. The van der Waals surface area contributed by atoms with Gasteiger partial charge in [0.15, 0.2) is 8.32 Å². The van der Waals surface area contributed by atoms with Crippen molar-refractivity contribution in [3.63, 3.8) is 0 Å². The van der Waals surface area contributed by atoms with Crippen molar-refractivity contribution >= 4 is 14.2 Å². The zero-order valence-electron chi connectivity index (χ0n) is 26.9. The topological polar surface area (TPSA) is 102 Å². The summed E-state index contributed by atoms with van der Waals surface area (Å²) in [6, 6.07) is 22.5. The van der Waals surface area contributed by atoms with Crippen LogP contribution in [0.25, 0.3) is 0 Å². The van der Waals surface area contributed by atoms with E-state index in [1.165, 1.54) is 16.7 Å². The van der Waals surface area contributed by atoms with Gasteiger partial charge in [-0.25, -0.2) is 0 Å².